The molecule has 0 bridgehead atoms. The van der Waals surface area contributed by atoms with Gasteiger partial charge in [-0.2, -0.15) is 8.42 Å². The number of nitrogens with two attached hydrogens (primary N) is 1. The minimum atomic E-state index is -4.33. The Morgan fingerprint density at radius 1 is 1.23 bits per heavy atom. The molecule has 1 saturated heterocycles. The van der Waals surface area contributed by atoms with Gasteiger partial charge in [-0.15, -0.1) is 0 Å². The Labute approximate surface area is 233 Å². The normalized spacial score (nSPS) is 17.1. The Kier molecular flexibility index (Phi) is 8.31. The number of carbonyl (C=O) groups excluding carboxylic acids is 1. The summed E-state index contributed by atoms with van der Waals surface area (Å²) in [6.07, 6.45) is -0.181. The summed E-state index contributed by atoms with van der Waals surface area (Å²) in [5, 5.41) is -0.388. The lowest BCUT2D eigenvalue weighted by Gasteiger charge is -2.46. The lowest BCUT2D eigenvalue weighted by molar-refractivity contribution is 0.00654. The largest absolute Gasteiger partial charge is 0.493 e. The topological polar surface area (TPSA) is 137 Å². The predicted octanol–water partition coefficient (Wildman–Crippen LogP) is 4.02. The van der Waals surface area contributed by atoms with Crippen molar-refractivity contribution in [2.75, 3.05) is 30.4 Å². The Bertz CT molecular complexity index is 1510. The molecule has 1 aliphatic heterocycles. The van der Waals surface area contributed by atoms with E-state index in [4.69, 9.17) is 20.2 Å². The standard InChI is InChI=1S/C28H34FN5O5S/c1-17(2)15-38-21-12-19(11-20(29)13-21)23-10-9-22(26(31-23)34-14-18(3)39-16-28(34,4)5)27(35)33-40(36,37)25-8-6-7-24(30)32-25/h6-13,17-18H,14-16H2,1-5H3,(H2,30,32)(H,33,35). The first-order valence-electron chi connectivity index (χ1n) is 12.9. The Morgan fingerprint density at radius 2 is 1.98 bits per heavy atom. The molecule has 0 saturated carbocycles. The van der Waals surface area contributed by atoms with Crippen LogP contribution in [0.5, 0.6) is 5.75 Å². The van der Waals surface area contributed by atoms with Crippen molar-refractivity contribution in [2.24, 2.45) is 5.92 Å². The molecule has 2 aromatic heterocycles. The van der Waals surface area contributed by atoms with Crippen molar-refractivity contribution in [3.05, 3.63) is 59.9 Å². The van der Waals surface area contributed by atoms with Crippen molar-refractivity contribution in [1.82, 2.24) is 14.7 Å². The molecule has 4 rings (SSSR count). The molecule has 12 heteroatoms. The molecular weight excluding hydrogens is 537 g/mol. The highest BCUT2D eigenvalue weighted by Crippen LogP contribution is 2.33. The molecule has 1 unspecified atom stereocenters. The lowest BCUT2D eigenvalue weighted by Crippen LogP contribution is -2.56. The zero-order valence-corrected chi connectivity index (χ0v) is 24.0. The summed E-state index contributed by atoms with van der Waals surface area (Å²) in [4.78, 5) is 23.9. The van der Waals surface area contributed by atoms with Crippen LogP contribution in [0.15, 0.2) is 53.6 Å². The van der Waals surface area contributed by atoms with E-state index < -0.39 is 27.3 Å². The van der Waals surface area contributed by atoms with Crippen molar-refractivity contribution in [3.63, 3.8) is 0 Å². The van der Waals surface area contributed by atoms with Gasteiger partial charge in [-0.3, -0.25) is 4.79 Å². The zero-order valence-electron chi connectivity index (χ0n) is 23.1. The third-order valence-corrected chi connectivity index (χ3v) is 7.50. The van der Waals surface area contributed by atoms with Gasteiger partial charge in [0.1, 0.15) is 23.2 Å². The van der Waals surface area contributed by atoms with Gasteiger partial charge in [-0.05, 0) is 63.1 Å². The van der Waals surface area contributed by atoms with Gasteiger partial charge in [0.05, 0.1) is 36.1 Å². The first-order valence-corrected chi connectivity index (χ1v) is 14.4. The second-order valence-corrected chi connectivity index (χ2v) is 12.5. The molecule has 0 radical (unpaired) electrons. The van der Waals surface area contributed by atoms with E-state index in [1.807, 2.05) is 39.5 Å². The Morgan fingerprint density at radius 3 is 2.67 bits per heavy atom. The number of sulfonamides is 1. The number of halogens is 1. The smallest absolute Gasteiger partial charge is 0.281 e. The molecule has 1 aromatic carbocycles. The van der Waals surface area contributed by atoms with Gasteiger partial charge in [0.2, 0.25) is 0 Å². The zero-order chi connectivity index (χ0) is 29.2. The quantitative estimate of drug-likeness (QED) is 0.411. The molecule has 0 spiro atoms. The minimum absolute atomic E-state index is 0.00192. The number of carbonyl (C=O) groups is 1. The number of nitrogens with one attached hydrogen (secondary N) is 1. The number of aromatic nitrogens is 2. The number of ether oxygens (including phenoxy) is 2. The van der Waals surface area contributed by atoms with Crippen LogP contribution in [0.25, 0.3) is 11.3 Å². The van der Waals surface area contributed by atoms with Crippen molar-refractivity contribution < 1.29 is 27.1 Å². The Hall–Kier alpha value is -3.77. The van der Waals surface area contributed by atoms with Gasteiger partial charge in [-0.1, -0.05) is 19.9 Å². The van der Waals surface area contributed by atoms with E-state index in [9.17, 15) is 17.6 Å². The van der Waals surface area contributed by atoms with Crippen LogP contribution >= 0.6 is 0 Å². The third kappa shape index (κ3) is 6.68. The third-order valence-electron chi connectivity index (χ3n) is 6.26. The van der Waals surface area contributed by atoms with E-state index in [1.54, 1.807) is 12.1 Å². The molecule has 3 heterocycles. The molecule has 3 aromatic rings. The molecule has 3 N–H and O–H groups in total. The number of hydrogen-bond acceptors (Lipinski definition) is 9. The molecule has 1 atom stereocenters. The highest BCUT2D eigenvalue weighted by Gasteiger charge is 2.37. The molecule has 0 aliphatic carbocycles. The van der Waals surface area contributed by atoms with Gasteiger partial charge in [0.15, 0.2) is 5.03 Å². The van der Waals surface area contributed by atoms with Gasteiger partial charge >= 0.3 is 0 Å². The van der Waals surface area contributed by atoms with Crippen LogP contribution in [0.4, 0.5) is 16.0 Å². The van der Waals surface area contributed by atoms with Crippen LogP contribution in [0.2, 0.25) is 0 Å². The fraction of sp³-hybridized carbons (Fsp3) is 0.393. The molecule has 10 nitrogen and oxygen atoms in total. The number of rotatable bonds is 8. The average Bonchev–Trinajstić information content (AvgIpc) is 2.88. The van der Waals surface area contributed by atoms with E-state index in [2.05, 4.69) is 9.71 Å². The van der Waals surface area contributed by atoms with E-state index in [-0.39, 0.29) is 34.2 Å². The van der Waals surface area contributed by atoms with Crippen molar-refractivity contribution in [1.29, 1.82) is 0 Å². The molecule has 1 aliphatic rings. The summed E-state index contributed by atoms with van der Waals surface area (Å²) in [7, 11) is -4.33. The number of anilines is 2. The van der Waals surface area contributed by atoms with Crippen molar-refractivity contribution >= 4 is 27.6 Å². The SMILES string of the molecule is CC(C)COc1cc(F)cc(-c2ccc(C(=O)NS(=O)(=O)c3cccc(N)n3)c(N3CC(C)OCC3(C)C)n2)c1. The number of nitrogens with zero attached hydrogens (tertiary/aromatic N) is 3. The molecule has 1 amide bonds. The van der Waals surface area contributed by atoms with Crippen LogP contribution in [-0.4, -0.2) is 55.7 Å². The monoisotopic (exact) mass is 571 g/mol. The van der Waals surface area contributed by atoms with E-state index in [0.717, 1.165) is 0 Å². The first kappa shape index (κ1) is 29.2. The maximum Gasteiger partial charge on any atom is 0.281 e. The summed E-state index contributed by atoms with van der Waals surface area (Å²) < 4.78 is 54.1. The number of nitrogen functional groups attached to an aromatic ring is 1. The summed E-state index contributed by atoms with van der Waals surface area (Å²) in [5.74, 6) is -0.554. The second-order valence-electron chi connectivity index (χ2n) is 10.8. The van der Waals surface area contributed by atoms with Gasteiger partial charge in [-0.25, -0.2) is 19.1 Å². The second kappa shape index (κ2) is 11.4. The maximum absolute atomic E-state index is 14.6. The van der Waals surface area contributed by atoms with Crippen LogP contribution in [0.3, 0.4) is 0 Å². The number of hydrogen-bond donors (Lipinski definition) is 2. The van der Waals surface area contributed by atoms with Gasteiger partial charge in [0.25, 0.3) is 15.9 Å². The predicted molar refractivity (Wildman–Crippen MR) is 150 cm³/mol. The van der Waals surface area contributed by atoms with Crippen LogP contribution in [-0.2, 0) is 14.8 Å². The maximum atomic E-state index is 14.6. The van der Waals surface area contributed by atoms with Crippen LogP contribution in [0, 0.1) is 11.7 Å². The summed E-state index contributed by atoms with van der Waals surface area (Å²) in [6, 6.07) is 11.4. The molecule has 214 valence electrons. The first-order chi connectivity index (χ1) is 18.7. The number of benzene rings is 1. The Balaban J connectivity index is 1.78. The highest BCUT2D eigenvalue weighted by atomic mass is 32.2. The fourth-order valence-electron chi connectivity index (χ4n) is 4.21. The van der Waals surface area contributed by atoms with Gasteiger partial charge < -0.3 is 20.1 Å². The summed E-state index contributed by atoms with van der Waals surface area (Å²) in [5.41, 5.74) is 5.90. The van der Waals surface area contributed by atoms with Crippen LogP contribution < -0.4 is 20.1 Å². The molecular formula is C28H34FN5O5S. The fourth-order valence-corrected chi connectivity index (χ4v) is 5.15. The van der Waals surface area contributed by atoms with Crippen LogP contribution in [0.1, 0.15) is 45.0 Å². The lowest BCUT2D eigenvalue weighted by atomic mass is 9.99. The molecule has 40 heavy (non-hydrogen) atoms. The number of amides is 1. The summed E-state index contributed by atoms with van der Waals surface area (Å²) in [6.45, 7) is 10.9. The number of morpholine rings is 1. The van der Waals surface area contributed by atoms with Crippen molar-refractivity contribution in [2.45, 2.75) is 51.3 Å². The summed E-state index contributed by atoms with van der Waals surface area (Å²) >= 11 is 0. The molecule has 1 fully saturated rings. The van der Waals surface area contributed by atoms with E-state index >= 15 is 0 Å². The minimum Gasteiger partial charge on any atom is -0.493 e. The van der Waals surface area contributed by atoms with Crippen molar-refractivity contribution in [3.8, 4) is 17.0 Å². The van der Waals surface area contributed by atoms with E-state index in [0.29, 0.717) is 36.8 Å². The number of pyridine rings is 2. The average molecular weight is 572 g/mol. The van der Waals surface area contributed by atoms with Gasteiger partial charge in [0, 0.05) is 18.2 Å². The van der Waals surface area contributed by atoms with E-state index in [1.165, 1.54) is 36.4 Å². The highest BCUT2D eigenvalue weighted by molar-refractivity contribution is 7.90.